The molecule has 0 aliphatic rings. The van der Waals surface area contributed by atoms with Crippen LogP contribution in [-0.4, -0.2) is 78.0 Å². The molecule has 0 saturated heterocycles. The number of halogens is 2. The Balaban J connectivity index is 0. The quantitative estimate of drug-likeness (QED) is 0.431. The summed E-state index contributed by atoms with van der Waals surface area (Å²) in [4.78, 5) is 7.95. The van der Waals surface area contributed by atoms with Gasteiger partial charge in [0, 0.05) is 89.1 Å². The van der Waals surface area contributed by atoms with Crippen molar-refractivity contribution in [3.05, 3.63) is 35.9 Å². The van der Waals surface area contributed by atoms with Gasteiger partial charge in [-0.3, -0.25) is 0 Å². The number of hydrogen-bond donors (Lipinski definition) is 0. The number of rotatable bonds is 1. The molecule has 2 aromatic rings. The van der Waals surface area contributed by atoms with E-state index in [9.17, 15) is 0 Å². The predicted octanol–water partition coefficient (Wildman–Crippen LogP) is 2.47. The Labute approximate surface area is 186 Å². The van der Waals surface area contributed by atoms with Crippen LogP contribution in [0.5, 0.6) is 5.88 Å². The van der Waals surface area contributed by atoms with Crippen molar-refractivity contribution in [2.45, 2.75) is 0 Å². The zero-order valence-corrected chi connectivity index (χ0v) is 18.1. The molecule has 1 aromatic heterocycles. The molecule has 1 heterocycles. The molecule has 0 atom stereocenters. The van der Waals surface area contributed by atoms with E-state index in [-0.39, 0.29) is 96.8 Å². The van der Waals surface area contributed by atoms with Crippen LogP contribution in [0.3, 0.4) is 0 Å². The largest absolute Gasteiger partial charge is 0.639 e. The van der Waals surface area contributed by atoms with Crippen molar-refractivity contribution in [3.8, 4) is 5.88 Å². The SMILES string of the molecule is [Al][O]c1nc(Cl)nc2ccc(Cl)cc12.[CH3-].[K].[Y]. The van der Waals surface area contributed by atoms with Crippen LogP contribution >= 0.6 is 23.2 Å². The molecule has 0 bridgehead atoms. The van der Waals surface area contributed by atoms with Gasteiger partial charge in [0.15, 0.2) is 5.88 Å². The van der Waals surface area contributed by atoms with Crippen molar-refractivity contribution in [2.24, 2.45) is 0 Å². The summed E-state index contributed by atoms with van der Waals surface area (Å²) in [6, 6.07) is 5.23. The van der Waals surface area contributed by atoms with Crippen LogP contribution in [0.2, 0.25) is 10.3 Å². The summed E-state index contributed by atoms with van der Waals surface area (Å²) in [6.45, 7) is 0. The monoisotopic (exact) mass is 383 g/mol. The molecule has 3 nitrogen and oxygen atoms in total. The van der Waals surface area contributed by atoms with E-state index in [1.54, 1.807) is 18.2 Å². The van der Waals surface area contributed by atoms with Crippen molar-refractivity contribution < 1.29 is 36.5 Å². The summed E-state index contributed by atoms with van der Waals surface area (Å²) in [5.41, 5.74) is 0.701. The Bertz CT molecular complexity index is 504. The average molecular weight is 384 g/mol. The third-order valence-corrected chi connectivity index (χ3v) is 2.33. The zero-order valence-electron chi connectivity index (χ0n) is 9.45. The average Bonchev–Trinajstić information content (AvgIpc) is 2.17. The second-order valence-electron chi connectivity index (χ2n) is 2.58. The summed E-state index contributed by atoms with van der Waals surface area (Å²) < 4.78 is 4.99. The van der Waals surface area contributed by atoms with Crippen molar-refractivity contribution in [1.29, 1.82) is 0 Å². The van der Waals surface area contributed by atoms with E-state index >= 15 is 0 Å². The van der Waals surface area contributed by atoms with Gasteiger partial charge in [-0.05, 0) is 29.8 Å². The van der Waals surface area contributed by atoms with Crippen LogP contribution in [0.25, 0.3) is 10.9 Å². The van der Waals surface area contributed by atoms with Crippen LogP contribution in [0.15, 0.2) is 18.2 Å². The number of benzene rings is 1. The zero-order chi connectivity index (χ0) is 10.1. The van der Waals surface area contributed by atoms with E-state index in [0.717, 1.165) is 5.39 Å². The maximum absolute atomic E-state index is 5.84. The molecule has 80 valence electrons. The molecule has 0 aliphatic carbocycles. The summed E-state index contributed by atoms with van der Waals surface area (Å²) in [5, 5.41) is 1.49. The molecule has 0 aliphatic heterocycles. The van der Waals surface area contributed by atoms with Crippen LogP contribution < -0.4 is 3.79 Å². The van der Waals surface area contributed by atoms with Gasteiger partial charge < -0.3 is 11.2 Å². The molecular weight excluding hydrogens is 378 g/mol. The first kappa shape index (κ1) is 21.5. The number of nitrogens with zero attached hydrogens (tertiary/aromatic N) is 2. The standard InChI is InChI=1S/C8H4Cl2N2O.CH3.Al.K.Y/c9-4-1-2-6-5(3-4)7(13)12-8(10)11-6;;;;/h1-3H,(H,11,12,13);1H3;;;/q;-1;+1;;/p-1. The van der Waals surface area contributed by atoms with Crippen LogP contribution in [0.4, 0.5) is 0 Å². The van der Waals surface area contributed by atoms with Crippen molar-refractivity contribution in [2.75, 3.05) is 0 Å². The molecule has 0 fully saturated rings. The van der Waals surface area contributed by atoms with E-state index in [4.69, 9.17) is 27.0 Å². The molecular formula is C9H6AlCl2KN2OY-. The predicted molar refractivity (Wildman–Crippen MR) is 68.1 cm³/mol. The molecule has 17 heavy (non-hydrogen) atoms. The van der Waals surface area contributed by atoms with E-state index in [1.165, 1.54) is 0 Å². The van der Waals surface area contributed by atoms with E-state index in [1.807, 2.05) is 0 Å². The van der Waals surface area contributed by atoms with Gasteiger partial charge in [-0.1, -0.05) is 11.6 Å². The maximum Gasteiger partial charge on any atom is 0.483 e. The Hall–Kier alpha value is 2.21. The van der Waals surface area contributed by atoms with E-state index < -0.39 is 0 Å². The fraction of sp³-hybridized carbons (Fsp3) is 0. The van der Waals surface area contributed by atoms with Gasteiger partial charge in [0.25, 0.3) is 0 Å². The second kappa shape index (κ2) is 10.0. The summed E-state index contributed by atoms with van der Waals surface area (Å²) in [6.07, 6.45) is 0. The molecule has 0 N–H and O–H groups in total. The molecule has 8 heteroatoms. The first-order chi connectivity index (χ1) is 6.70. The summed E-state index contributed by atoms with van der Waals surface area (Å²) >= 11 is 13.6. The molecule has 1 aromatic carbocycles. The Morgan fingerprint density at radius 2 is 1.82 bits per heavy atom. The smallest absolute Gasteiger partial charge is 0.483 e. The van der Waals surface area contributed by atoms with Gasteiger partial charge in [0.05, 0.1) is 10.9 Å². The molecule has 0 unspecified atom stereocenters. The van der Waals surface area contributed by atoms with Gasteiger partial charge in [-0.25, -0.2) is 4.98 Å². The van der Waals surface area contributed by atoms with Crippen molar-refractivity contribution in [1.82, 2.24) is 9.97 Å². The second-order valence-corrected chi connectivity index (χ2v) is 3.59. The van der Waals surface area contributed by atoms with Gasteiger partial charge in [0.1, 0.15) is 0 Å². The van der Waals surface area contributed by atoms with Crippen molar-refractivity contribution >= 4 is 102 Å². The minimum atomic E-state index is 0. The van der Waals surface area contributed by atoms with Crippen LogP contribution in [-0.2, 0) is 32.7 Å². The minimum absolute atomic E-state index is 0. The maximum atomic E-state index is 5.84. The van der Waals surface area contributed by atoms with Gasteiger partial charge in [-0.2, -0.15) is 4.98 Å². The van der Waals surface area contributed by atoms with Gasteiger partial charge >= 0.3 is 16.6 Å². The molecule has 0 amide bonds. The molecule has 0 spiro atoms. The fourth-order valence-electron chi connectivity index (χ4n) is 1.14. The topological polar surface area (TPSA) is 35.0 Å². The number of hydrogen-bond acceptors (Lipinski definition) is 3. The van der Waals surface area contributed by atoms with Gasteiger partial charge in [-0.15, -0.1) is 0 Å². The summed E-state index contributed by atoms with van der Waals surface area (Å²) in [7, 11) is 0. The molecule has 0 saturated carbocycles. The normalized spacial score (nSPS) is 8.59. The number of aromatic nitrogens is 2. The van der Waals surface area contributed by atoms with Crippen molar-refractivity contribution in [3.63, 3.8) is 0 Å². The van der Waals surface area contributed by atoms with Gasteiger partial charge in [0.2, 0.25) is 5.28 Å². The number of fused-ring (bicyclic) bond motifs is 1. The first-order valence-electron chi connectivity index (χ1n) is 3.70. The third-order valence-electron chi connectivity index (χ3n) is 1.71. The van der Waals surface area contributed by atoms with Crippen LogP contribution in [0.1, 0.15) is 0 Å². The van der Waals surface area contributed by atoms with E-state index in [0.29, 0.717) is 16.4 Å². The molecule has 2 rings (SSSR count). The Morgan fingerprint density at radius 3 is 2.41 bits per heavy atom. The van der Waals surface area contributed by atoms with E-state index in [2.05, 4.69) is 26.6 Å². The summed E-state index contributed by atoms with van der Waals surface area (Å²) in [5.74, 6) is 0.396. The fourth-order valence-corrected chi connectivity index (χ4v) is 1.65. The Kier molecular flexibility index (Phi) is 12.7. The Morgan fingerprint density at radius 1 is 1.18 bits per heavy atom. The third kappa shape index (κ3) is 5.61. The first-order valence-corrected chi connectivity index (χ1v) is 4.93. The van der Waals surface area contributed by atoms with Crippen LogP contribution in [0, 0.1) is 7.43 Å². The molecule has 4 radical (unpaired) electrons. The minimum Gasteiger partial charge on any atom is -0.639 e.